The van der Waals surface area contributed by atoms with Gasteiger partial charge in [-0.1, -0.05) is 0 Å². The van der Waals surface area contributed by atoms with Crippen molar-refractivity contribution < 1.29 is 0 Å². The maximum Gasteiger partial charge on any atom is 0.0195 e. The molecular weight excluding hydrogens is 186 g/mol. The number of hydrogen-bond acceptors (Lipinski definition) is 3. The highest BCUT2D eigenvalue weighted by molar-refractivity contribution is 4.85. The van der Waals surface area contributed by atoms with Crippen LogP contribution in [0.1, 0.15) is 34.1 Å². The minimum absolute atomic E-state index is 0.310. The molecule has 3 nitrogen and oxygen atoms in total. The van der Waals surface area contributed by atoms with Gasteiger partial charge in [0, 0.05) is 37.3 Å². The van der Waals surface area contributed by atoms with E-state index >= 15 is 0 Å². The Morgan fingerprint density at radius 2 is 1.67 bits per heavy atom. The van der Waals surface area contributed by atoms with Crippen LogP contribution in [0.15, 0.2) is 0 Å². The van der Waals surface area contributed by atoms with Crippen molar-refractivity contribution in [2.75, 3.05) is 20.1 Å². The quantitative estimate of drug-likeness (QED) is 0.763. The Morgan fingerprint density at radius 1 is 1.20 bits per heavy atom. The fourth-order valence-corrected chi connectivity index (χ4v) is 2.49. The van der Waals surface area contributed by atoms with Gasteiger partial charge >= 0.3 is 0 Å². The molecule has 90 valence electrons. The van der Waals surface area contributed by atoms with Gasteiger partial charge in [0.2, 0.25) is 0 Å². The lowest BCUT2D eigenvalue weighted by molar-refractivity contribution is 0.0347. The normalized spacial score (nSPS) is 34.0. The molecule has 1 saturated heterocycles. The molecule has 1 fully saturated rings. The topological polar surface area (TPSA) is 32.5 Å². The molecule has 0 aliphatic carbocycles. The average molecular weight is 213 g/mol. The molecule has 0 aromatic rings. The Labute approximate surface area is 94.6 Å². The molecule has 0 aromatic carbocycles. The predicted molar refractivity (Wildman–Crippen MR) is 66.0 cm³/mol. The van der Waals surface area contributed by atoms with Crippen LogP contribution in [0.2, 0.25) is 0 Å². The fourth-order valence-electron chi connectivity index (χ4n) is 2.49. The second-order valence-corrected chi connectivity index (χ2v) is 5.38. The van der Waals surface area contributed by atoms with E-state index in [1.807, 2.05) is 0 Å². The maximum atomic E-state index is 5.86. The standard InChI is InChI=1S/C12H27N3/c1-9(13)6-10(2)15-7-11(3)14(5)12(4)8-15/h9-12H,6-8,13H2,1-5H3. The Hall–Kier alpha value is -0.120. The van der Waals surface area contributed by atoms with Crippen LogP contribution in [0.25, 0.3) is 0 Å². The molecule has 15 heavy (non-hydrogen) atoms. The Kier molecular flexibility index (Phi) is 4.56. The number of nitrogens with two attached hydrogens (primary N) is 1. The molecule has 1 rings (SSSR count). The van der Waals surface area contributed by atoms with Crippen molar-refractivity contribution in [3.63, 3.8) is 0 Å². The summed E-state index contributed by atoms with van der Waals surface area (Å²) in [4.78, 5) is 5.05. The summed E-state index contributed by atoms with van der Waals surface area (Å²) in [5.74, 6) is 0. The van der Waals surface area contributed by atoms with Crippen molar-refractivity contribution in [3.05, 3.63) is 0 Å². The van der Waals surface area contributed by atoms with Gasteiger partial charge in [-0.25, -0.2) is 0 Å². The van der Waals surface area contributed by atoms with E-state index in [0.29, 0.717) is 24.2 Å². The van der Waals surface area contributed by atoms with Gasteiger partial charge in [-0.15, -0.1) is 0 Å². The van der Waals surface area contributed by atoms with Crippen LogP contribution in [-0.4, -0.2) is 54.1 Å². The molecule has 1 aliphatic rings. The molecule has 0 spiro atoms. The van der Waals surface area contributed by atoms with Crippen molar-refractivity contribution in [2.45, 2.75) is 58.3 Å². The molecule has 0 amide bonds. The Bertz CT molecular complexity index is 181. The first-order valence-electron chi connectivity index (χ1n) is 6.13. The number of piperazine rings is 1. The lowest BCUT2D eigenvalue weighted by Gasteiger charge is -2.45. The summed E-state index contributed by atoms with van der Waals surface area (Å²) in [6, 6.07) is 2.24. The first-order valence-corrected chi connectivity index (χ1v) is 6.13. The summed E-state index contributed by atoms with van der Waals surface area (Å²) in [6.07, 6.45) is 1.10. The van der Waals surface area contributed by atoms with Crippen molar-refractivity contribution in [3.8, 4) is 0 Å². The molecule has 1 aliphatic heterocycles. The summed E-state index contributed by atoms with van der Waals surface area (Å²) in [5, 5.41) is 0. The van der Waals surface area contributed by atoms with Gasteiger partial charge in [-0.05, 0) is 41.2 Å². The van der Waals surface area contributed by atoms with Crippen molar-refractivity contribution >= 4 is 0 Å². The van der Waals surface area contributed by atoms with E-state index in [4.69, 9.17) is 5.73 Å². The van der Waals surface area contributed by atoms with Crippen molar-refractivity contribution in [2.24, 2.45) is 5.73 Å². The summed E-state index contributed by atoms with van der Waals surface area (Å²) in [7, 11) is 2.23. The van der Waals surface area contributed by atoms with Gasteiger partial charge in [0.25, 0.3) is 0 Å². The first kappa shape index (κ1) is 12.9. The first-order chi connectivity index (χ1) is 6.91. The van der Waals surface area contributed by atoms with Gasteiger partial charge in [-0.3, -0.25) is 9.80 Å². The minimum Gasteiger partial charge on any atom is -0.328 e. The number of likely N-dealkylation sites (N-methyl/N-ethyl adjacent to an activating group) is 1. The van der Waals surface area contributed by atoms with Crippen LogP contribution in [0.5, 0.6) is 0 Å². The molecule has 3 heteroatoms. The third-order valence-electron chi connectivity index (χ3n) is 3.72. The van der Waals surface area contributed by atoms with Gasteiger partial charge < -0.3 is 5.73 Å². The summed E-state index contributed by atoms with van der Waals surface area (Å²) in [5.41, 5.74) is 5.86. The number of nitrogens with zero attached hydrogens (tertiary/aromatic N) is 2. The number of rotatable bonds is 3. The molecule has 2 N–H and O–H groups in total. The highest BCUT2D eigenvalue weighted by Crippen LogP contribution is 2.17. The Balaban J connectivity index is 2.50. The SMILES string of the molecule is CC(N)CC(C)N1CC(C)N(C)C(C)C1. The van der Waals surface area contributed by atoms with Gasteiger partial charge in [0.05, 0.1) is 0 Å². The summed E-state index contributed by atoms with van der Waals surface area (Å²) < 4.78 is 0. The number of hydrogen-bond donors (Lipinski definition) is 1. The van der Waals surface area contributed by atoms with E-state index in [1.54, 1.807) is 0 Å². The second kappa shape index (κ2) is 5.28. The summed E-state index contributed by atoms with van der Waals surface area (Å²) >= 11 is 0. The van der Waals surface area contributed by atoms with E-state index in [2.05, 4.69) is 44.5 Å². The molecule has 0 saturated carbocycles. The van der Waals surface area contributed by atoms with E-state index in [-0.39, 0.29) is 0 Å². The zero-order valence-electron chi connectivity index (χ0n) is 10.9. The predicted octanol–water partition coefficient (Wildman–Crippen LogP) is 1.14. The van der Waals surface area contributed by atoms with Crippen LogP contribution in [0.3, 0.4) is 0 Å². The summed E-state index contributed by atoms with van der Waals surface area (Å²) in [6.45, 7) is 11.4. The minimum atomic E-state index is 0.310. The molecule has 4 unspecified atom stereocenters. The largest absolute Gasteiger partial charge is 0.328 e. The lowest BCUT2D eigenvalue weighted by atomic mass is 10.0. The van der Waals surface area contributed by atoms with Gasteiger partial charge in [-0.2, -0.15) is 0 Å². The van der Waals surface area contributed by atoms with Gasteiger partial charge in [0.1, 0.15) is 0 Å². The van der Waals surface area contributed by atoms with Crippen LogP contribution < -0.4 is 5.73 Å². The van der Waals surface area contributed by atoms with E-state index in [1.165, 1.54) is 13.1 Å². The second-order valence-electron chi connectivity index (χ2n) is 5.38. The van der Waals surface area contributed by atoms with E-state index in [0.717, 1.165) is 6.42 Å². The third-order valence-corrected chi connectivity index (χ3v) is 3.72. The molecule has 0 aromatic heterocycles. The van der Waals surface area contributed by atoms with Crippen molar-refractivity contribution in [1.82, 2.24) is 9.80 Å². The van der Waals surface area contributed by atoms with E-state index < -0.39 is 0 Å². The smallest absolute Gasteiger partial charge is 0.0195 e. The van der Waals surface area contributed by atoms with Crippen LogP contribution in [-0.2, 0) is 0 Å². The molecule has 0 bridgehead atoms. The zero-order chi connectivity index (χ0) is 11.6. The van der Waals surface area contributed by atoms with Crippen LogP contribution >= 0.6 is 0 Å². The monoisotopic (exact) mass is 213 g/mol. The zero-order valence-corrected chi connectivity index (χ0v) is 10.9. The fraction of sp³-hybridized carbons (Fsp3) is 1.00. The molecule has 1 heterocycles. The van der Waals surface area contributed by atoms with Gasteiger partial charge in [0.15, 0.2) is 0 Å². The molecular formula is C12H27N3. The van der Waals surface area contributed by atoms with E-state index in [9.17, 15) is 0 Å². The highest BCUT2D eigenvalue weighted by atomic mass is 15.3. The molecule has 4 atom stereocenters. The highest BCUT2D eigenvalue weighted by Gasteiger charge is 2.29. The average Bonchev–Trinajstić information content (AvgIpc) is 2.12. The lowest BCUT2D eigenvalue weighted by Crippen LogP contribution is -2.57. The Morgan fingerprint density at radius 3 is 2.07 bits per heavy atom. The van der Waals surface area contributed by atoms with Crippen molar-refractivity contribution in [1.29, 1.82) is 0 Å². The maximum absolute atomic E-state index is 5.86. The third kappa shape index (κ3) is 3.44. The van der Waals surface area contributed by atoms with Crippen LogP contribution in [0, 0.1) is 0 Å². The van der Waals surface area contributed by atoms with Crippen LogP contribution in [0.4, 0.5) is 0 Å². The molecule has 0 radical (unpaired) electrons.